The van der Waals surface area contributed by atoms with Gasteiger partial charge in [-0.05, 0) is 123 Å². The second-order valence-corrected chi connectivity index (χ2v) is 20.0. The molecule has 0 aliphatic heterocycles. The van der Waals surface area contributed by atoms with Crippen molar-refractivity contribution in [2.75, 3.05) is 9.80 Å². The Kier molecular flexibility index (Phi) is 10.8. The molecule has 0 saturated heterocycles. The van der Waals surface area contributed by atoms with Crippen molar-refractivity contribution < 1.29 is 8.83 Å². The third kappa shape index (κ3) is 7.77. The summed E-state index contributed by atoms with van der Waals surface area (Å²) in [6.45, 7) is 0. The maximum Gasteiger partial charge on any atom is 0.139 e. The van der Waals surface area contributed by atoms with E-state index in [0.29, 0.717) is 0 Å². The van der Waals surface area contributed by atoms with Crippen LogP contribution in [0.15, 0.2) is 300 Å². The van der Waals surface area contributed by atoms with Gasteiger partial charge in [0.05, 0.1) is 22.7 Å². The molecule has 0 aliphatic carbocycles. The van der Waals surface area contributed by atoms with Crippen molar-refractivity contribution in [1.29, 1.82) is 0 Å². The topological polar surface area (TPSA) is 32.8 Å². The van der Waals surface area contributed by atoms with Gasteiger partial charge in [0.2, 0.25) is 0 Å². The molecule has 0 fully saturated rings. The van der Waals surface area contributed by atoms with Crippen LogP contribution in [0.2, 0.25) is 0 Å². The molecule has 0 atom stereocenters. The number of fused-ring (bicyclic) bond motifs is 8. The van der Waals surface area contributed by atoms with Gasteiger partial charge in [0.25, 0.3) is 0 Å². The van der Waals surface area contributed by atoms with Crippen LogP contribution in [0.3, 0.4) is 0 Å². The summed E-state index contributed by atoms with van der Waals surface area (Å²) < 4.78 is 13.6. The first-order chi connectivity index (χ1) is 38.7. The SMILES string of the molecule is c1ccc(-c2ccccc2N(c2ccc3cc4c(cc3c2)oc2cc3oc5cc6cc(N(c7ccccc7-c7ccccc7)c7ccccc7-c7ccccc7)ccc6cc5c3cc24)c2ccccc2-c2ccccc2)cc1. The van der Waals surface area contributed by atoms with E-state index in [-0.39, 0.29) is 0 Å². The number of rotatable bonds is 10. The van der Waals surface area contributed by atoms with Gasteiger partial charge in [0, 0.05) is 61.2 Å². The highest BCUT2D eigenvalue weighted by Crippen LogP contribution is 2.48. The highest BCUT2D eigenvalue weighted by atomic mass is 16.3. The lowest BCUT2D eigenvalue weighted by atomic mass is 9.98. The molecule has 0 radical (unpaired) electrons. The molecule has 0 amide bonds. The van der Waals surface area contributed by atoms with E-state index in [1.165, 1.54) is 0 Å². The Morgan fingerprint density at radius 2 is 0.487 bits per heavy atom. The van der Waals surface area contributed by atoms with Crippen LogP contribution in [0.25, 0.3) is 110 Å². The van der Waals surface area contributed by atoms with Crippen molar-refractivity contribution in [2.24, 2.45) is 0 Å². The average molecular weight is 997 g/mol. The van der Waals surface area contributed by atoms with E-state index in [9.17, 15) is 0 Å². The third-order valence-corrected chi connectivity index (χ3v) is 15.4. The summed E-state index contributed by atoms with van der Waals surface area (Å²) in [4.78, 5) is 4.81. The van der Waals surface area contributed by atoms with E-state index >= 15 is 0 Å². The third-order valence-electron chi connectivity index (χ3n) is 15.4. The minimum atomic E-state index is 0.791. The van der Waals surface area contributed by atoms with Crippen LogP contribution >= 0.6 is 0 Å². The van der Waals surface area contributed by atoms with E-state index < -0.39 is 0 Å². The molecule has 0 spiro atoms. The Hall–Kier alpha value is -10.4. The highest BCUT2D eigenvalue weighted by Gasteiger charge is 2.24. The molecule has 13 aromatic carbocycles. The van der Waals surface area contributed by atoms with E-state index in [4.69, 9.17) is 8.83 Å². The summed E-state index contributed by atoms with van der Waals surface area (Å²) in [5, 5.41) is 8.69. The van der Waals surface area contributed by atoms with Crippen molar-refractivity contribution >= 4 is 99.5 Å². The fourth-order valence-corrected chi connectivity index (χ4v) is 11.7. The lowest BCUT2D eigenvalue weighted by Gasteiger charge is -2.30. The second-order valence-electron chi connectivity index (χ2n) is 20.0. The molecule has 2 aromatic heterocycles. The maximum absolute atomic E-state index is 6.80. The Bertz CT molecular complexity index is 4270. The van der Waals surface area contributed by atoms with E-state index in [2.05, 4.69) is 301 Å². The zero-order valence-corrected chi connectivity index (χ0v) is 42.4. The molecule has 15 rings (SSSR count). The van der Waals surface area contributed by atoms with E-state index in [1.807, 2.05) is 0 Å². The zero-order valence-electron chi connectivity index (χ0n) is 42.4. The van der Waals surface area contributed by atoms with Crippen LogP contribution in [0.1, 0.15) is 0 Å². The van der Waals surface area contributed by atoms with Crippen molar-refractivity contribution in [2.45, 2.75) is 0 Å². The predicted molar refractivity (Wildman–Crippen MR) is 327 cm³/mol. The normalized spacial score (nSPS) is 11.6. The fourth-order valence-electron chi connectivity index (χ4n) is 11.7. The first-order valence-corrected chi connectivity index (χ1v) is 26.6. The minimum Gasteiger partial charge on any atom is -0.456 e. The lowest BCUT2D eigenvalue weighted by molar-refractivity contribution is 0.656. The fraction of sp³-hybridized carbons (Fsp3) is 0. The van der Waals surface area contributed by atoms with Gasteiger partial charge < -0.3 is 18.6 Å². The van der Waals surface area contributed by atoms with Crippen LogP contribution in [-0.4, -0.2) is 0 Å². The summed E-state index contributed by atoms with van der Waals surface area (Å²) in [6.07, 6.45) is 0. The number of hydrogen-bond acceptors (Lipinski definition) is 4. The molecule has 15 aromatic rings. The van der Waals surface area contributed by atoms with Crippen LogP contribution in [0.5, 0.6) is 0 Å². The van der Waals surface area contributed by atoms with Gasteiger partial charge in [-0.25, -0.2) is 0 Å². The molecule has 4 heteroatoms. The van der Waals surface area contributed by atoms with Crippen LogP contribution in [0, 0.1) is 0 Å². The Morgan fingerprint density at radius 1 is 0.205 bits per heavy atom. The summed E-state index contributed by atoms with van der Waals surface area (Å²) in [7, 11) is 0. The molecule has 0 N–H and O–H groups in total. The molecular formula is C74H48N2O2. The Morgan fingerprint density at radius 3 is 0.821 bits per heavy atom. The Balaban J connectivity index is 0.843. The number of anilines is 6. The first kappa shape index (κ1) is 45.0. The molecular weight excluding hydrogens is 949 g/mol. The number of benzene rings is 13. The monoisotopic (exact) mass is 996 g/mol. The molecule has 0 saturated carbocycles. The van der Waals surface area contributed by atoms with Gasteiger partial charge >= 0.3 is 0 Å². The largest absolute Gasteiger partial charge is 0.456 e. The van der Waals surface area contributed by atoms with Crippen molar-refractivity contribution in [1.82, 2.24) is 0 Å². The smallest absolute Gasteiger partial charge is 0.139 e. The molecule has 366 valence electrons. The van der Waals surface area contributed by atoms with Crippen LogP contribution in [0.4, 0.5) is 34.1 Å². The maximum atomic E-state index is 6.80. The minimum absolute atomic E-state index is 0.791. The molecule has 4 nitrogen and oxygen atoms in total. The lowest BCUT2D eigenvalue weighted by Crippen LogP contribution is -2.12. The molecule has 0 unspecified atom stereocenters. The summed E-state index contributed by atoms with van der Waals surface area (Å²) in [6, 6.07) is 104. The standard InChI is InChI=1S/C74H48N2O2/c1-5-21-49(22-6-1)59-29-13-17-33-67(59)75(68-34-18-14-30-60(68)50-23-7-2-8-24-50)57-39-37-53-43-63-65-47-66-64-44-54-38-40-58(42-56(54)46-72(64)78-74(66)48-73(65)77-71(63)45-55(53)41-57)76(69-35-19-15-31-61(69)51-25-9-3-10-26-51)70-36-20-16-32-62(70)52-27-11-4-12-28-52/h1-48H. The van der Waals surface area contributed by atoms with Crippen molar-refractivity contribution in [3.8, 4) is 44.5 Å². The van der Waals surface area contributed by atoms with Gasteiger partial charge in [-0.3, -0.25) is 0 Å². The molecule has 0 aliphatic rings. The summed E-state index contributed by atoms with van der Waals surface area (Å²) >= 11 is 0. The molecule has 78 heavy (non-hydrogen) atoms. The van der Waals surface area contributed by atoms with Gasteiger partial charge in [0.15, 0.2) is 0 Å². The number of hydrogen-bond donors (Lipinski definition) is 0. The van der Waals surface area contributed by atoms with Gasteiger partial charge in [0.1, 0.15) is 22.3 Å². The van der Waals surface area contributed by atoms with Gasteiger partial charge in [-0.2, -0.15) is 0 Å². The summed E-state index contributed by atoms with van der Waals surface area (Å²) in [5.74, 6) is 0. The highest BCUT2D eigenvalue weighted by molar-refractivity contribution is 6.19. The number of nitrogens with zero attached hydrogens (tertiary/aromatic N) is 2. The average Bonchev–Trinajstić information content (AvgIpc) is 4.13. The van der Waals surface area contributed by atoms with Crippen LogP contribution in [-0.2, 0) is 0 Å². The van der Waals surface area contributed by atoms with E-state index in [0.717, 1.165) is 144 Å². The van der Waals surface area contributed by atoms with Gasteiger partial charge in [-0.15, -0.1) is 0 Å². The van der Waals surface area contributed by atoms with Crippen molar-refractivity contribution in [3.63, 3.8) is 0 Å². The molecule has 2 heterocycles. The van der Waals surface area contributed by atoms with E-state index in [1.54, 1.807) is 0 Å². The zero-order chi connectivity index (χ0) is 51.5. The second kappa shape index (κ2) is 18.7. The quantitative estimate of drug-likeness (QED) is 0.137. The summed E-state index contributed by atoms with van der Waals surface area (Å²) in [5.41, 5.74) is 18.9. The molecule has 0 bridgehead atoms. The Labute approximate surface area is 451 Å². The van der Waals surface area contributed by atoms with Crippen LogP contribution < -0.4 is 9.80 Å². The first-order valence-electron chi connectivity index (χ1n) is 26.6. The van der Waals surface area contributed by atoms with Crippen molar-refractivity contribution in [3.05, 3.63) is 291 Å². The number of furan rings is 2. The number of para-hydroxylation sites is 4. The van der Waals surface area contributed by atoms with Gasteiger partial charge in [-0.1, -0.05) is 206 Å². The predicted octanol–water partition coefficient (Wildman–Crippen LogP) is 21.4.